The molecule has 2 rings (SSSR count). The van der Waals surface area contributed by atoms with E-state index >= 15 is 0 Å². The van der Waals surface area contributed by atoms with E-state index in [4.69, 9.17) is 25.8 Å². The third-order valence-electron chi connectivity index (χ3n) is 3.44. The SMILES string of the molecule is CCOC(=O)c1cc(OC)cc(N(COC)C(=O)c2cccnc2Cl)c1. The van der Waals surface area contributed by atoms with Gasteiger partial charge in [0.25, 0.3) is 5.91 Å². The molecule has 26 heavy (non-hydrogen) atoms. The molecule has 1 aromatic heterocycles. The van der Waals surface area contributed by atoms with Crippen molar-refractivity contribution < 1.29 is 23.8 Å². The van der Waals surface area contributed by atoms with Crippen LogP contribution < -0.4 is 9.64 Å². The lowest BCUT2D eigenvalue weighted by Crippen LogP contribution is -2.33. The van der Waals surface area contributed by atoms with Crippen LogP contribution in [0.5, 0.6) is 5.75 Å². The highest BCUT2D eigenvalue weighted by Crippen LogP contribution is 2.27. The number of amides is 1. The summed E-state index contributed by atoms with van der Waals surface area (Å²) in [5.41, 5.74) is 0.873. The van der Waals surface area contributed by atoms with Gasteiger partial charge in [0.2, 0.25) is 0 Å². The summed E-state index contributed by atoms with van der Waals surface area (Å²) in [5, 5.41) is 0.0760. The maximum absolute atomic E-state index is 12.9. The summed E-state index contributed by atoms with van der Waals surface area (Å²) < 4.78 is 15.4. The predicted molar refractivity (Wildman–Crippen MR) is 96.9 cm³/mol. The van der Waals surface area contributed by atoms with E-state index in [0.29, 0.717) is 11.4 Å². The number of pyridine rings is 1. The van der Waals surface area contributed by atoms with Gasteiger partial charge in [-0.25, -0.2) is 9.78 Å². The van der Waals surface area contributed by atoms with Crippen LogP contribution in [0.15, 0.2) is 36.5 Å². The van der Waals surface area contributed by atoms with E-state index in [2.05, 4.69) is 4.98 Å². The van der Waals surface area contributed by atoms with Gasteiger partial charge < -0.3 is 14.2 Å². The highest BCUT2D eigenvalue weighted by atomic mass is 35.5. The zero-order valence-electron chi connectivity index (χ0n) is 14.7. The van der Waals surface area contributed by atoms with Crippen molar-refractivity contribution in [1.29, 1.82) is 0 Å². The fourth-order valence-electron chi connectivity index (χ4n) is 2.26. The molecule has 0 spiro atoms. The minimum Gasteiger partial charge on any atom is -0.497 e. The normalized spacial score (nSPS) is 10.3. The number of benzene rings is 1. The lowest BCUT2D eigenvalue weighted by molar-refractivity contribution is 0.0525. The van der Waals surface area contributed by atoms with Crippen molar-refractivity contribution in [1.82, 2.24) is 4.98 Å². The number of halogens is 1. The number of methoxy groups -OCH3 is 2. The van der Waals surface area contributed by atoms with Crippen LogP contribution in [0.4, 0.5) is 5.69 Å². The second-order valence-corrected chi connectivity index (χ2v) is 5.49. The number of ether oxygens (including phenoxy) is 3. The number of hydrogen-bond donors (Lipinski definition) is 0. The highest BCUT2D eigenvalue weighted by molar-refractivity contribution is 6.33. The van der Waals surface area contributed by atoms with E-state index in [1.165, 1.54) is 37.4 Å². The molecule has 0 aliphatic heterocycles. The standard InChI is InChI=1S/C18H19ClN2O5/c1-4-26-18(23)12-8-13(10-14(9-12)25-3)21(11-24-2)17(22)15-6-5-7-20-16(15)19/h5-10H,4,11H2,1-3H3. The van der Waals surface area contributed by atoms with Crippen molar-refractivity contribution in [3.05, 3.63) is 52.8 Å². The molecule has 138 valence electrons. The monoisotopic (exact) mass is 378 g/mol. The summed E-state index contributed by atoms with van der Waals surface area (Å²) in [6, 6.07) is 7.85. The van der Waals surface area contributed by atoms with Gasteiger partial charge >= 0.3 is 5.97 Å². The maximum atomic E-state index is 12.9. The van der Waals surface area contributed by atoms with Crippen LogP contribution in [0.3, 0.4) is 0 Å². The van der Waals surface area contributed by atoms with Gasteiger partial charge in [0.05, 0.1) is 30.5 Å². The van der Waals surface area contributed by atoms with Gasteiger partial charge in [0.1, 0.15) is 17.6 Å². The number of nitrogens with zero attached hydrogens (tertiary/aromatic N) is 2. The summed E-state index contributed by atoms with van der Waals surface area (Å²) in [4.78, 5) is 30.3. The minimum atomic E-state index is -0.517. The number of aromatic nitrogens is 1. The van der Waals surface area contributed by atoms with Crippen LogP contribution >= 0.6 is 11.6 Å². The molecule has 0 unspecified atom stereocenters. The van der Waals surface area contributed by atoms with Gasteiger partial charge in [0, 0.05) is 19.4 Å². The summed E-state index contributed by atoms with van der Waals surface area (Å²) in [7, 11) is 2.92. The highest BCUT2D eigenvalue weighted by Gasteiger charge is 2.22. The molecule has 0 radical (unpaired) electrons. The van der Waals surface area contributed by atoms with Crippen LogP contribution in [0, 0.1) is 0 Å². The third kappa shape index (κ3) is 4.50. The van der Waals surface area contributed by atoms with E-state index in [-0.39, 0.29) is 29.6 Å². The Hall–Kier alpha value is -2.64. The van der Waals surface area contributed by atoms with Gasteiger partial charge in [0.15, 0.2) is 0 Å². The average Bonchev–Trinajstić information content (AvgIpc) is 2.65. The topological polar surface area (TPSA) is 78.0 Å². The molecule has 8 heteroatoms. The maximum Gasteiger partial charge on any atom is 0.338 e. The number of carbonyl (C=O) groups is 2. The molecular weight excluding hydrogens is 360 g/mol. The van der Waals surface area contributed by atoms with Crippen molar-refractivity contribution in [3.63, 3.8) is 0 Å². The zero-order valence-corrected chi connectivity index (χ0v) is 15.4. The van der Waals surface area contributed by atoms with E-state index < -0.39 is 11.9 Å². The summed E-state index contributed by atoms with van der Waals surface area (Å²) in [6.45, 7) is 1.89. The smallest absolute Gasteiger partial charge is 0.338 e. The Morgan fingerprint density at radius 2 is 2.00 bits per heavy atom. The van der Waals surface area contributed by atoms with Crippen molar-refractivity contribution in [3.8, 4) is 5.75 Å². The van der Waals surface area contributed by atoms with Crippen LogP contribution in [0.2, 0.25) is 5.15 Å². The van der Waals surface area contributed by atoms with Gasteiger partial charge in [-0.15, -0.1) is 0 Å². The third-order valence-corrected chi connectivity index (χ3v) is 3.74. The Bertz CT molecular complexity index is 797. The van der Waals surface area contributed by atoms with Gasteiger partial charge in [-0.3, -0.25) is 9.69 Å². The fraction of sp³-hybridized carbons (Fsp3) is 0.278. The fourth-order valence-corrected chi connectivity index (χ4v) is 2.46. The summed E-state index contributed by atoms with van der Waals surface area (Å²) >= 11 is 6.03. The molecule has 1 heterocycles. The Labute approximate surface area is 156 Å². The Kier molecular flexibility index (Phi) is 6.94. The number of carbonyl (C=O) groups excluding carboxylic acids is 2. The molecule has 7 nitrogen and oxygen atoms in total. The first-order chi connectivity index (χ1) is 12.5. The number of esters is 1. The first-order valence-corrected chi connectivity index (χ1v) is 8.17. The molecule has 0 saturated carbocycles. The van der Waals surface area contributed by atoms with Gasteiger partial charge in [-0.05, 0) is 31.2 Å². The molecule has 0 N–H and O–H groups in total. The van der Waals surface area contributed by atoms with Gasteiger partial charge in [-0.1, -0.05) is 11.6 Å². The lowest BCUT2D eigenvalue weighted by Gasteiger charge is -2.23. The van der Waals surface area contributed by atoms with Gasteiger partial charge in [-0.2, -0.15) is 0 Å². The Morgan fingerprint density at radius 1 is 1.23 bits per heavy atom. The second kappa shape index (κ2) is 9.17. The second-order valence-electron chi connectivity index (χ2n) is 5.13. The lowest BCUT2D eigenvalue weighted by atomic mass is 10.1. The van der Waals surface area contributed by atoms with E-state index in [9.17, 15) is 9.59 Å². The first kappa shape index (κ1) is 19.7. The average molecular weight is 379 g/mol. The molecule has 0 atom stereocenters. The van der Waals surface area contributed by atoms with E-state index in [0.717, 1.165) is 0 Å². The molecule has 1 amide bonds. The van der Waals surface area contributed by atoms with E-state index in [1.54, 1.807) is 25.1 Å². The quantitative estimate of drug-likeness (QED) is 0.418. The van der Waals surface area contributed by atoms with Crippen LogP contribution in [0.1, 0.15) is 27.6 Å². The summed E-state index contributed by atoms with van der Waals surface area (Å²) in [6.07, 6.45) is 1.49. The van der Waals surface area contributed by atoms with Crippen LogP contribution in [-0.4, -0.2) is 44.4 Å². The molecule has 2 aromatic rings. The van der Waals surface area contributed by atoms with Crippen molar-refractivity contribution in [2.75, 3.05) is 32.5 Å². The van der Waals surface area contributed by atoms with Crippen LogP contribution in [0.25, 0.3) is 0 Å². The molecule has 0 aliphatic rings. The largest absolute Gasteiger partial charge is 0.497 e. The molecule has 1 aromatic carbocycles. The zero-order chi connectivity index (χ0) is 19.1. The summed E-state index contributed by atoms with van der Waals surface area (Å²) in [5.74, 6) is -0.540. The number of anilines is 1. The van der Waals surface area contributed by atoms with E-state index in [1.807, 2.05) is 0 Å². The molecule has 0 bridgehead atoms. The van der Waals surface area contributed by atoms with Crippen molar-refractivity contribution >= 4 is 29.2 Å². The number of rotatable bonds is 7. The first-order valence-electron chi connectivity index (χ1n) is 7.79. The molecule has 0 fully saturated rings. The number of hydrogen-bond acceptors (Lipinski definition) is 6. The van der Waals surface area contributed by atoms with Crippen molar-refractivity contribution in [2.45, 2.75) is 6.92 Å². The molecule has 0 aliphatic carbocycles. The van der Waals surface area contributed by atoms with Crippen LogP contribution in [-0.2, 0) is 9.47 Å². The Morgan fingerprint density at radius 3 is 2.62 bits per heavy atom. The van der Waals surface area contributed by atoms with Crippen molar-refractivity contribution in [2.24, 2.45) is 0 Å². The molecule has 0 saturated heterocycles. The minimum absolute atomic E-state index is 0.0561. The molecular formula is C18H19ClN2O5. The predicted octanol–water partition coefficient (Wildman–Crippen LogP) is 3.17. The Balaban J connectivity index is 2.49.